The zero-order valence-corrected chi connectivity index (χ0v) is 12.5. The average molecular weight is 309 g/mol. The van der Waals surface area contributed by atoms with Crippen molar-refractivity contribution in [3.05, 3.63) is 70.6 Å². The van der Waals surface area contributed by atoms with Crippen molar-refractivity contribution in [1.82, 2.24) is 0 Å². The molecule has 0 aliphatic carbocycles. The van der Waals surface area contributed by atoms with Crippen LogP contribution in [0.3, 0.4) is 0 Å². The van der Waals surface area contributed by atoms with Crippen molar-refractivity contribution in [1.29, 1.82) is 0 Å². The summed E-state index contributed by atoms with van der Waals surface area (Å²) in [6, 6.07) is 13.7. The number of hydrogen-bond donors (Lipinski definition) is 1. The van der Waals surface area contributed by atoms with Crippen molar-refractivity contribution in [2.24, 2.45) is 0 Å². The highest BCUT2D eigenvalue weighted by molar-refractivity contribution is 5.91. The highest BCUT2D eigenvalue weighted by Crippen LogP contribution is 2.18. The van der Waals surface area contributed by atoms with Gasteiger partial charge in [-0.2, -0.15) is 0 Å². The van der Waals surface area contributed by atoms with Crippen molar-refractivity contribution in [3.63, 3.8) is 0 Å². The number of fused-ring (bicyclic) bond motifs is 1. The van der Waals surface area contributed by atoms with Gasteiger partial charge in [0, 0.05) is 17.8 Å². The van der Waals surface area contributed by atoms with Crippen LogP contribution in [-0.4, -0.2) is 12.5 Å². The van der Waals surface area contributed by atoms with Gasteiger partial charge in [-0.3, -0.25) is 9.59 Å². The summed E-state index contributed by atoms with van der Waals surface area (Å²) in [4.78, 5) is 23.5. The van der Waals surface area contributed by atoms with E-state index in [9.17, 15) is 9.59 Å². The molecule has 0 saturated heterocycles. The normalized spacial score (nSPS) is 10.5. The number of carbonyl (C=O) groups excluding carboxylic acids is 1. The van der Waals surface area contributed by atoms with E-state index in [1.54, 1.807) is 18.2 Å². The third kappa shape index (κ3) is 3.58. The molecular formula is C18H15NO4. The minimum absolute atomic E-state index is 0.116. The lowest BCUT2D eigenvalue weighted by Crippen LogP contribution is -2.20. The summed E-state index contributed by atoms with van der Waals surface area (Å²) in [6.07, 6.45) is 1.33. The van der Waals surface area contributed by atoms with Gasteiger partial charge < -0.3 is 14.5 Å². The summed E-state index contributed by atoms with van der Waals surface area (Å²) >= 11 is 0. The highest BCUT2D eigenvalue weighted by atomic mass is 16.5. The molecule has 5 heteroatoms. The molecule has 5 nitrogen and oxygen atoms in total. The number of carbonyl (C=O) groups is 1. The van der Waals surface area contributed by atoms with Crippen LogP contribution in [0.5, 0.6) is 5.75 Å². The molecule has 0 aliphatic rings. The van der Waals surface area contributed by atoms with Crippen LogP contribution in [-0.2, 0) is 4.79 Å². The minimum atomic E-state index is -0.261. The third-order valence-corrected chi connectivity index (χ3v) is 3.34. The first kappa shape index (κ1) is 14.8. The lowest BCUT2D eigenvalue weighted by atomic mass is 10.2. The Balaban J connectivity index is 1.64. The summed E-state index contributed by atoms with van der Waals surface area (Å²) < 4.78 is 10.7. The first-order valence-electron chi connectivity index (χ1n) is 7.13. The van der Waals surface area contributed by atoms with E-state index in [2.05, 4.69) is 5.32 Å². The predicted octanol–water partition coefficient (Wildman–Crippen LogP) is 3.12. The number of amides is 1. The van der Waals surface area contributed by atoms with Crippen molar-refractivity contribution >= 4 is 22.6 Å². The molecule has 1 amide bonds. The standard InChI is InChI=1S/C18H15NO4/c1-12-2-4-13(5-3-12)19-18(21)11-23-14-6-7-15-16(20)8-9-22-17(15)10-14/h2-10H,11H2,1H3,(H,19,21). The molecule has 0 saturated carbocycles. The molecule has 0 radical (unpaired) electrons. The second-order valence-corrected chi connectivity index (χ2v) is 5.15. The molecule has 0 atom stereocenters. The van der Waals surface area contributed by atoms with Crippen LogP contribution in [0.1, 0.15) is 5.56 Å². The van der Waals surface area contributed by atoms with Crippen molar-refractivity contribution in [2.45, 2.75) is 6.92 Å². The van der Waals surface area contributed by atoms with Crippen LogP contribution in [0.15, 0.2) is 64.0 Å². The molecule has 0 fully saturated rings. The SMILES string of the molecule is Cc1ccc(NC(=O)COc2ccc3c(=O)ccoc3c2)cc1. The van der Waals surface area contributed by atoms with Crippen LogP contribution in [0, 0.1) is 6.92 Å². The molecule has 23 heavy (non-hydrogen) atoms. The maximum Gasteiger partial charge on any atom is 0.262 e. The van der Waals surface area contributed by atoms with Crippen LogP contribution < -0.4 is 15.5 Å². The summed E-state index contributed by atoms with van der Waals surface area (Å²) in [5, 5.41) is 3.22. The number of ether oxygens (including phenoxy) is 1. The van der Waals surface area contributed by atoms with E-state index in [1.165, 1.54) is 12.3 Å². The third-order valence-electron chi connectivity index (χ3n) is 3.34. The Morgan fingerprint density at radius 3 is 2.70 bits per heavy atom. The molecule has 3 aromatic rings. The van der Waals surface area contributed by atoms with Crippen molar-refractivity contribution < 1.29 is 13.9 Å². The van der Waals surface area contributed by atoms with E-state index in [0.717, 1.165) is 5.56 Å². The number of benzene rings is 2. The summed E-state index contributed by atoms with van der Waals surface area (Å²) in [7, 11) is 0. The Morgan fingerprint density at radius 2 is 1.91 bits per heavy atom. The van der Waals surface area contributed by atoms with Gasteiger partial charge in [-0.25, -0.2) is 0 Å². The van der Waals surface area contributed by atoms with E-state index in [-0.39, 0.29) is 17.9 Å². The molecule has 1 aromatic heterocycles. The number of aryl methyl sites for hydroxylation is 1. The first-order valence-corrected chi connectivity index (χ1v) is 7.13. The van der Waals surface area contributed by atoms with Crippen LogP contribution in [0.2, 0.25) is 0 Å². The van der Waals surface area contributed by atoms with Crippen LogP contribution >= 0.6 is 0 Å². The number of nitrogens with one attached hydrogen (secondary N) is 1. The lowest BCUT2D eigenvalue weighted by Gasteiger charge is -2.08. The molecule has 116 valence electrons. The Kier molecular flexibility index (Phi) is 4.10. The van der Waals surface area contributed by atoms with E-state index in [1.807, 2.05) is 31.2 Å². The lowest BCUT2D eigenvalue weighted by molar-refractivity contribution is -0.118. The molecular weight excluding hydrogens is 294 g/mol. The van der Waals surface area contributed by atoms with E-state index < -0.39 is 0 Å². The van der Waals surface area contributed by atoms with Gasteiger partial charge in [0.25, 0.3) is 5.91 Å². The maximum absolute atomic E-state index is 11.9. The molecule has 0 spiro atoms. The first-order chi connectivity index (χ1) is 11.1. The fourth-order valence-corrected chi connectivity index (χ4v) is 2.14. The van der Waals surface area contributed by atoms with E-state index in [4.69, 9.17) is 9.15 Å². The van der Waals surface area contributed by atoms with E-state index >= 15 is 0 Å². The molecule has 2 aromatic carbocycles. The fraction of sp³-hybridized carbons (Fsp3) is 0.111. The number of rotatable bonds is 4. The van der Waals surface area contributed by atoms with E-state index in [0.29, 0.717) is 22.4 Å². The van der Waals surface area contributed by atoms with Crippen molar-refractivity contribution in [2.75, 3.05) is 11.9 Å². The Bertz CT molecular complexity index is 897. The number of anilines is 1. The quantitative estimate of drug-likeness (QED) is 0.804. The Hall–Kier alpha value is -3.08. The smallest absolute Gasteiger partial charge is 0.262 e. The van der Waals surface area contributed by atoms with Gasteiger partial charge in [-0.15, -0.1) is 0 Å². The van der Waals surface area contributed by atoms with Gasteiger partial charge >= 0.3 is 0 Å². The van der Waals surface area contributed by atoms with Crippen molar-refractivity contribution in [3.8, 4) is 5.75 Å². The largest absolute Gasteiger partial charge is 0.484 e. The summed E-state index contributed by atoms with van der Waals surface area (Å²) in [5.41, 5.74) is 2.15. The van der Waals surface area contributed by atoms with Gasteiger partial charge in [0.1, 0.15) is 11.3 Å². The second-order valence-electron chi connectivity index (χ2n) is 5.15. The van der Waals surface area contributed by atoms with Gasteiger partial charge in [0.2, 0.25) is 0 Å². The Labute approximate surface area is 132 Å². The monoisotopic (exact) mass is 309 g/mol. The molecule has 3 rings (SSSR count). The predicted molar refractivity (Wildman–Crippen MR) is 87.8 cm³/mol. The van der Waals surface area contributed by atoms with Crippen LogP contribution in [0.25, 0.3) is 11.0 Å². The summed E-state index contributed by atoms with van der Waals surface area (Å²) in [6.45, 7) is 1.85. The second kappa shape index (κ2) is 6.36. The molecule has 0 aliphatic heterocycles. The van der Waals surface area contributed by atoms with Gasteiger partial charge in [0.15, 0.2) is 12.0 Å². The molecule has 0 unspecified atom stereocenters. The Morgan fingerprint density at radius 1 is 1.13 bits per heavy atom. The number of hydrogen-bond acceptors (Lipinski definition) is 4. The maximum atomic E-state index is 11.9. The summed E-state index contributed by atoms with van der Waals surface area (Å²) in [5.74, 6) is 0.203. The fourth-order valence-electron chi connectivity index (χ4n) is 2.14. The molecule has 0 bridgehead atoms. The van der Waals surface area contributed by atoms with Gasteiger partial charge in [0.05, 0.1) is 11.6 Å². The van der Waals surface area contributed by atoms with Gasteiger partial charge in [-0.1, -0.05) is 17.7 Å². The zero-order valence-electron chi connectivity index (χ0n) is 12.5. The minimum Gasteiger partial charge on any atom is -0.484 e. The van der Waals surface area contributed by atoms with Gasteiger partial charge in [-0.05, 0) is 31.2 Å². The zero-order chi connectivity index (χ0) is 16.2. The van der Waals surface area contributed by atoms with Crippen LogP contribution in [0.4, 0.5) is 5.69 Å². The topological polar surface area (TPSA) is 68.5 Å². The molecule has 1 N–H and O–H groups in total. The molecule has 1 heterocycles. The highest BCUT2D eigenvalue weighted by Gasteiger charge is 2.06. The average Bonchev–Trinajstić information content (AvgIpc) is 2.55.